The summed E-state index contributed by atoms with van der Waals surface area (Å²) in [6.45, 7) is 0. The van der Waals surface area contributed by atoms with Crippen molar-refractivity contribution in [3.8, 4) is 0 Å². The Balaban J connectivity index is 2.01. The average molecular weight is 252 g/mol. The van der Waals surface area contributed by atoms with Crippen molar-refractivity contribution in [1.29, 1.82) is 0 Å². The minimum atomic E-state index is -1.08. The van der Waals surface area contributed by atoms with Gasteiger partial charge in [0.25, 0.3) is 5.91 Å². The minimum Gasteiger partial charge on any atom is -0.480 e. The molecule has 0 spiro atoms. The lowest BCUT2D eigenvalue weighted by atomic mass is 10.1. The van der Waals surface area contributed by atoms with Gasteiger partial charge in [-0.2, -0.15) is 4.39 Å². The molecule has 18 heavy (non-hydrogen) atoms. The SMILES string of the molecule is O=C(NC(CC1CC1)C(=O)O)c1cccc(F)n1. The summed E-state index contributed by atoms with van der Waals surface area (Å²) in [4.78, 5) is 26.1. The summed E-state index contributed by atoms with van der Waals surface area (Å²) in [6.07, 6.45) is 2.41. The number of aliphatic carboxylic acids is 1. The van der Waals surface area contributed by atoms with Crippen molar-refractivity contribution >= 4 is 11.9 Å². The third-order valence-corrected chi connectivity index (χ3v) is 2.82. The van der Waals surface area contributed by atoms with Crippen LogP contribution < -0.4 is 5.32 Å². The van der Waals surface area contributed by atoms with E-state index in [0.717, 1.165) is 18.9 Å². The smallest absolute Gasteiger partial charge is 0.326 e. The van der Waals surface area contributed by atoms with Gasteiger partial charge in [-0.05, 0) is 24.5 Å². The summed E-state index contributed by atoms with van der Waals surface area (Å²) in [5.41, 5.74) is -0.114. The standard InChI is InChI=1S/C12H13FN2O3/c13-10-3-1-2-8(14-10)11(16)15-9(12(17)18)6-7-4-5-7/h1-3,7,9H,4-6H2,(H,15,16)(H,17,18). The van der Waals surface area contributed by atoms with E-state index >= 15 is 0 Å². The summed E-state index contributed by atoms with van der Waals surface area (Å²) in [6, 6.07) is 2.88. The molecule has 1 saturated carbocycles. The number of rotatable bonds is 5. The van der Waals surface area contributed by atoms with Crippen molar-refractivity contribution in [1.82, 2.24) is 10.3 Å². The molecule has 96 valence electrons. The number of aromatic nitrogens is 1. The van der Waals surface area contributed by atoms with Crippen molar-refractivity contribution in [3.05, 3.63) is 29.8 Å². The number of pyridine rings is 1. The first-order valence-electron chi connectivity index (χ1n) is 5.72. The molecule has 1 unspecified atom stereocenters. The lowest BCUT2D eigenvalue weighted by Crippen LogP contribution is -2.41. The molecule has 1 amide bonds. The van der Waals surface area contributed by atoms with E-state index in [4.69, 9.17) is 5.11 Å². The van der Waals surface area contributed by atoms with Gasteiger partial charge in [-0.3, -0.25) is 4.79 Å². The average Bonchev–Trinajstić information content (AvgIpc) is 3.12. The second kappa shape index (κ2) is 5.12. The second-order valence-corrected chi connectivity index (χ2v) is 4.39. The number of carbonyl (C=O) groups is 2. The Morgan fingerprint density at radius 1 is 1.50 bits per heavy atom. The van der Waals surface area contributed by atoms with Gasteiger partial charge in [0.2, 0.25) is 5.95 Å². The fourth-order valence-electron chi connectivity index (χ4n) is 1.68. The molecular weight excluding hydrogens is 239 g/mol. The van der Waals surface area contributed by atoms with Gasteiger partial charge in [-0.25, -0.2) is 9.78 Å². The molecule has 1 heterocycles. The van der Waals surface area contributed by atoms with E-state index in [1.54, 1.807) is 0 Å². The van der Waals surface area contributed by atoms with Crippen LogP contribution in [0.5, 0.6) is 0 Å². The zero-order valence-electron chi connectivity index (χ0n) is 9.60. The lowest BCUT2D eigenvalue weighted by molar-refractivity contribution is -0.139. The fourth-order valence-corrected chi connectivity index (χ4v) is 1.68. The fraction of sp³-hybridized carbons (Fsp3) is 0.417. The van der Waals surface area contributed by atoms with Gasteiger partial charge in [0, 0.05) is 0 Å². The molecule has 0 bridgehead atoms. The Bertz CT molecular complexity index is 474. The van der Waals surface area contributed by atoms with Crippen molar-refractivity contribution in [3.63, 3.8) is 0 Å². The van der Waals surface area contributed by atoms with Crippen LogP contribution in [0.1, 0.15) is 29.8 Å². The largest absolute Gasteiger partial charge is 0.480 e. The number of carboxylic acid groups (broad SMARTS) is 1. The van der Waals surface area contributed by atoms with Gasteiger partial charge in [-0.1, -0.05) is 18.9 Å². The lowest BCUT2D eigenvalue weighted by Gasteiger charge is -2.13. The topological polar surface area (TPSA) is 79.3 Å². The van der Waals surface area contributed by atoms with Crippen LogP contribution in [0, 0.1) is 11.9 Å². The summed E-state index contributed by atoms with van der Waals surface area (Å²) in [5, 5.41) is 11.4. The predicted octanol–water partition coefficient (Wildman–Crippen LogP) is 1.20. The number of amides is 1. The summed E-state index contributed by atoms with van der Waals surface area (Å²) >= 11 is 0. The maximum absolute atomic E-state index is 12.8. The Hall–Kier alpha value is -1.98. The van der Waals surface area contributed by atoms with Crippen molar-refractivity contribution in [2.45, 2.75) is 25.3 Å². The van der Waals surface area contributed by atoms with Crippen molar-refractivity contribution in [2.24, 2.45) is 5.92 Å². The highest BCUT2D eigenvalue weighted by atomic mass is 19.1. The highest BCUT2D eigenvalue weighted by Crippen LogP contribution is 2.33. The Morgan fingerprint density at radius 3 is 2.78 bits per heavy atom. The highest BCUT2D eigenvalue weighted by Gasteiger charge is 2.30. The van der Waals surface area contributed by atoms with Gasteiger partial charge < -0.3 is 10.4 Å². The van der Waals surface area contributed by atoms with Gasteiger partial charge in [0.1, 0.15) is 11.7 Å². The highest BCUT2D eigenvalue weighted by molar-refractivity contribution is 5.94. The molecule has 2 N–H and O–H groups in total. The van der Waals surface area contributed by atoms with Crippen LogP contribution in [-0.4, -0.2) is 28.0 Å². The predicted molar refractivity (Wildman–Crippen MR) is 60.4 cm³/mol. The second-order valence-electron chi connectivity index (χ2n) is 4.39. The first-order chi connectivity index (χ1) is 8.56. The number of carbonyl (C=O) groups excluding carboxylic acids is 1. The third-order valence-electron chi connectivity index (χ3n) is 2.82. The van der Waals surface area contributed by atoms with Crippen LogP contribution >= 0.6 is 0 Å². The van der Waals surface area contributed by atoms with E-state index in [-0.39, 0.29) is 5.69 Å². The number of nitrogens with zero attached hydrogens (tertiary/aromatic N) is 1. The molecule has 0 radical (unpaired) electrons. The molecule has 0 aliphatic heterocycles. The molecule has 1 atom stereocenters. The van der Waals surface area contributed by atoms with E-state index in [1.165, 1.54) is 12.1 Å². The Kier molecular flexibility index (Phi) is 3.55. The maximum Gasteiger partial charge on any atom is 0.326 e. The van der Waals surface area contributed by atoms with Gasteiger partial charge in [0.05, 0.1) is 0 Å². The van der Waals surface area contributed by atoms with Gasteiger partial charge >= 0.3 is 5.97 Å². The summed E-state index contributed by atoms with van der Waals surface area (Å²) in [5.74, 6) is -2.14. The molecule has 1 aromatic heterocycles. The molecular formula is C12H13FN2O3. The van der Waals surface area contributed by atoms with Crippen LogP contribution in [0.25, 0.3) is 0 Å². The van der Waals surface area contributed by atoms with Gasteiger partial charge in [-0.15, -0.1) is 0 Å². The molecule has 1 aliphatic rings. The monoisotopic (exact) mass is 252 g/mol. The van der Waals surface area contributed by atoms with E-state index in [0.29, 0.717) is 12.3 Å². The summed E-state index contributed by atoms with van der Waals surface area (Å²) in [7, 11) is 0. The van der Waals surface area contributed by atoms with E-state index in [1.807, 2.05) is 0 Å². The normalized spacial score (nSPS) is 16.1. The number of nitrogens with one attached hydrogen (secondary N) is 1. The first kappa shape index (κ1) is 12.5. The van der Waals surface area contributed by atoms with E-state index in [2.05, 4.69) is 10.3 Å². The molecule has 1 aliphatic carbocycles. The molecule has 2 rings (SSSR count). The number of halogens is 1. The number of hydrogen-bond donors (Lipinski definition) is 2. The Labute approximate surface area is 103 Å². The minimum absolute atomic E-state index is 0.114. The molecule has 0 aromatic carbocycles. The third kappa shape index (κ3) is 3.26. The zero-order chi connectivity index (χ0) is 13.1. The zero-order valence-corrected chi connectivity index (χ0v) is 9.60. The number of carboxylic acids is 1. The first-order valence-corrected chi connectivity index (χ1v) is 5.72. The van der Waals surface area contributed by atoms with Crippen LogP contribution in [0.4, 0.5) is 4.39 Å². The van der Waals surface area contributed by atoms with Crippen LogP contribution in [0.2, 0.25) is 0 Å². The molecule has 0 saturated heterocycles. The summed E-state index contributed by atoms with van der Waals surface area (Å²) < 4.78 is 12.8. The van der Waals surface area contributed by atoms with Crippen LogP contribution in [0.3, 0.4) is 0 Å². The van der Waals surface area contributed by atoms with E-state index < -0.39 is 23.9 Å². The quantitative estimate of drug-likeness (QED) is 0.772. The van der Waals surface area contributed by atoms with Crippen molar-refractivity contribution in [2.75, 3.05) is 0 Å². The Morgan fingerprint density at radius 2 is 2.22 bits per heavy atom. The maximum atomic E-state index is 12.8. The molecule has 5 nitrogen and oxygen atoms in total. The number of hydrogen-bond acceptors (Lipinski definition) is 3. The van der Waals surface area contributed by atoms with Crippen molar-refractivity contribution < 1.29 is 19.1 Å². The molecule has 1 fully saturated rings. The van der Waals surface area contributed by atoms with Crippen LogP contribution in [0.15, 0.2) is 18.2 Å². The van der Waals surface area contributed by atoms with E-state index in [9.17, 15) is 14.0 Å². The van der Waals surface area contributed by atoms with Gasteiger partial charge in [0.15, 0.2) is 0 Å². The molecule has 6 heteroatoms. The molecule has 1 aromatic rings. The van der Waals surface area contributed by atoms with Crippen LogP contribution in [-0.2, 0) is 4.79 Å².